The number of hydrogen-bond acceptors (Lipinski definition) is 2. The first-order chi connectivity index (χ1) is 7.27. The van der Waals surface area contributed by atoms with Crippen molar-refractivity contribution in [3.8, 4) is 0 Å². The molecule has 0 fully saturated rings. The lowest BCUT2D eigenvalue weighted by atomic mass is 10.2. The molecule has 0 saturated carbocycles. The second kappa shape index (κ2) is 6.51. The van der Waals surface area contributed by atoms with Gasteiger partial charge in [0.1, 0.15) is 0 Å². The van der Waals surface area contributed by atoms with Crippen LogP contribution in [0.25, 0.3) is 0 Å². The van der Waals surface area contributed by atoms with E-state index in [9.17, 15) is 9.59 Å². The number of carbonyl (C=O) groups excluding carboxylic acids is 2. The van der Waals surface area contributed by atoms with Crippen molar-refractivity contribution in [3.63, 3.8) is 0 Å². The van der Waals surface area contributed by atoms with E-state index in [-0.39, 0.29) is 23.8 Å². The molecule has 0 aromatic rings. The fourth-order valence-corrected chi connectivity index (χ4v) is 1.28. The van der Waals surface area contributed by atoms with Crippen LogP contribution in [0.3, 0.4) is 0 Å². The number of nitrogens with zero attached hydrogens (tertiary/aromatic N) is 2. The van der Waals surface area contributed by atoms with Gasteiger partial charge in [-0.15, -0.1) is 0 Å². The molecule has 0 rings (SSSR count). The number of carbonyl (C=O) groups is 2. The van der Waals surface area contributed by atoms with Crippen molar-refractivity contribution in [2.75, 3.05) is 20.6 Å². The van der Waals surface area contributed by atoms with Gasteiger partial charge >= 0.3 is 0 Å². The molecule has 0 saturated heterocycles. The smallest absolute Gasteiger partial charge is 0.224 e. The maximum atomic E-state index is 11.7. The van der Waals surface area contributed by atoms with Crippen LogP contribution in [0.15, 0.2) is 0 Å². The van der Waals surface area contributed by atoms with Crippen LogP contribution in [0.1, 0.15) is 34.1 Å². The molecular formula is C12H24N2O2. The molecular weight excluding hydrogens is 204 g/mol. The van der Waals surface area contributed by atoms with Gasteiger partial charge in [-0.25, -0.2) is 0 Å². The lowest BCUT2D eigenvalue weighted by Gasteiger charge is -2.24. The van der Waals surface area contributed by atoms with Crippen LogP contribution in [0.4, 0.5) is 0 Å². The van der Waals surface area contributed by atoms with E-state index in [1.807, 2.05) is 27.7 Å². The summed E-state index contributed by atoms with van der Waals surface area (Å²) in [5.41, 5.74) is 0. The van der Waals surface area contributed by atoms with E-state index in [1.165, 1.54) is 0 Å². The Labute approximate surface area is 98.6 Å². The predicted octanol–water partition coefficient (Wildman–Crippen LogP) is 1.36. The third-order valence-electron chi connectivity index (χ3n) is 2.70. The zero-order chi connectivity index (χ0) is 12.9. The summed E-state index contributed by atoms with van der Waals surface area (Å²) in [5, 5.41) is 0. The monoisotopic (exact) mass is 228 g/mol. The average molecular weight is 228 g/mol. The van der Waals surface area contributed by atoms with Crippen molar-refractivity contribution in [1.29, 1.82) is 0 Å². The normalized spacial score (nSPS) is 10.8. The first-order valence-corrected chi connectivity index (χ1v) is 5.78. The van der Waals surface area contributed by atoms with Gasteiger partial charge in [0.25, 0.3) is 0 Å². The summed E-state index contributed by atoms with van der Waals surface area (Å²) >= 11 is 0. The molecule has 0 radical (unpaired) electrons. The molecule has 0 heterocycles. The minimum absolute atomic E-state index is 0.0112. The summed E-state index contributed by atoms with van der Waals surface area (Å²) < 4.78 is 0. The molecule has 0 unspecified atom stereocenters. The van der Waals surface area contributed by atoms with Crippen LogP contribution in [-0.2, 0) is 9.59 Å². The van der Waals surface area contributed by atoms with E-state index in [4.69, 9.17) is 0 Å². The highest BCUT2D eigenvalue weighted by Crippen LogP contribution is 2.02. The minimum atomic E-state index is -0.0112. The molecule has 4 nitrogen and oxygen atoms in total. The van der Waals surface area contributed by atoms with Crippen molar-refractivity contribution in [2.24, 2.45) is 5.92 Å². The summed E-state index contributed by atoms with van der Waals surface area (Å²) in [6.07, 6.45) is 0.392. The molecule has 0 bridgehead atoms. The van der Waals surface area contributed by atoms with Crippen LogP contribution in [0, 0.1) is 5.92 Å². The van der Waals surface area contributed by atoms with E-state index in [2.05, 4.69) is 0 Å². The van der Waals surface area contributed by atoms with Gasteiger partial charge < -0.3 is 9.80 Å². The summed E-state index contributed by atoms with van der Waals surface area (Å²) in [6, 6.07) is 0.207. The molecule has 0 aromatic carbocycles. The Bertz CT molecular complexity index is 249. The zero-order valence-corrected chi connectivity index (χ0v) is 11.3. The third-order valence-corrected chi connectivity index (χ3v) is 2.70. The summed E-state index contributed by atoms with van der Waals surface area (Å²) in [7, 11) is 3.53. The van der Waals surface area contributed by atoms with Crippen LogP contribution >= 0.6 is 0 Å². The molecule has 2 amide bonds. The van der Waals surface area contributed by atoms with E-state index in [0.717, 1.165) is 0 Å². The first kappa shape index (κ1) is 14.9. The Morgan fingerprint density at radius 2 is 1.56 bits per heavy atom. The Balaban J connectivity index is 4.06. The summed E-state index contributed by atoms with van der Waals surface area (Å²) in [5.74, 6) is 0.154. The van der Waals surface area contributed by atoms with Gasteiger partial charge in [0, 0.05) is 39.0 Å². The molecule has 0 aliphatic heterocycles. The molecule has 16 heavy (non-hydrogen) atoms. The van der Waals surface area contributed by atoms with Gasteiger partial charge in [-0.3, -0.25) is 9.59 Å². The van der Waals surface area contributed by atoms with Crippen molar-refractivity contribution in [2.45, 2.75) is 40.2 Å². The lowest BCUT2D eigenvalue weighted by molar-refractivity contribution is -0.135. The van der Waals surface area contributed by atoms with Crippen LogP contribution in [0.5, 0.6) is 0 Å². The topological polar surface area (TPSA) is 40.6 Å². The quantitative estimate of drug-likeness (QED) is 0.713. The van der Waals surface area contributed by atoms with Crippen molar-refractivity contribution >= 4 is 11.8 Å². The van der Waals surface area contributed by atoms with Gasteiger partial charge in [0.2, 0.25) is 11.8 Å². The Morgan fingerprint density at radius 3 is 1.94 bits per heavy atom. The Morgan fingerprint density at radius 1 is 1.06 bits per heavy atom. The Hall–Kier alpha value is -1.06. The number of hydrogen-bond donors (Lipinski definition) is 0. The highest BCUT2D eigenvalue weighted by molar-refractivity contribution is 5.80. The van der Waals surface area contributed by atoms with Crippen LogP contribution in [0.2, 0.25) is 0 Å². The first-order valence-electron chi connectivity index (χ1n) is 5.78. The largest absolute Gasteiger partial charge is 0.345 e. The van der Waals surface area contributed by atoms with Crippen LogP contribution in [-0.4, -0.2) is 48.3 Å². The predicted molar refractivity (Wildman–Crippen MR) is 65.0 cm³/mol. The van der Waals surface area contributed by atoms with Gasteiger partial charge in [0.05, 0.1) is 0 Å². The van der Waals surface area contributed by atoms with Gasteiger partial charge in [-0.05, 0) is 13.8 Å². The van der Waals surface area contributed by atoms with Crippen molar-refractivity contribution < 1.29 is 9.59 Å². The third kappa shape index (κ3) is 4.64. The second-order valence-electron chi connectivity index (χ2n) is 4.76. The molecule has 0 N–H and O–H groups in total. The van der Waals surface area contributed by atoms with Crippen LogP contribution < -0.4 is 0 Å². The molecule has 94 valence electrons. The maximum Gasteiger partial charge on any atom is 0.224 e. The van der Waals surface area contributed by atoms with Gasteiger partial charge in [-0.1, -0.05) is 13.8 Å². The summed E-state index contributed by atoms with van der Waals surface area (Å²) in [4.78, 5) is 26.6. The van der Waals surface area contributed by atoms with E-state index < -0.39 is 0 Å². The molecule has 4 heteroatoms. The van der Waals surface area contributed by atoms with Crippen molar-refractivity contribution in [1.82, 2.24) is 9.80 Å². The SMILES string of the molecule is CC(C)C(=O)N(C)CCC(=O)N(C)C(C)C. The summed E-state index contributed by atoms with van der Waals surface area (Å²) in [6.45, 7) is 8.16. The second-order valence-corrected chi connectivity index (χ2v) is 4.76. The fourth-order valence-electron chi connectivity index (χ4n) is 1.28. The highest BCUT2D eigenvalue weighted by Gasteiger charge is 2.16. The molecule has 0 atom stereocenters. The number of amides is 2. The van der Waals surface area contributed by atoms with E-state index in [1.54, 1.807) is 23.9 Å². The molecule has 0 aromatic heterocycles. The fraction of sp³-hybridized carbons (Fsp3) is 0.833. The van der Waals surface area contributed by atoms with Crippen molar-refractivity contribution in [3.05, 3.63) is 0 Å². The van der Waals surface area contributed by atoms with E-state index in [0.29, 0.717) is 13.0 Å². The number of rotatable bonds is 5. The standard InChI is InChI=1S/C12H24N2O2/c1-9(2)12(16)13(5)8-7-11(15)14(6)10(3)4/h9-10H,7-8H2,1-6H3. The van der Waals surface area contributed by atoms with Gasteiger partial charge in [0.15, 0.2) is 0 Å². The van der Waals surface area contributed by atoms with Gasteiger partial charge in [-0.2, -0.15) is 0 Å². The maximum absolute atomic E-state index is 11.7. The molecule has 0 aliphatic carbocycles. The Kier molecular flexibility index (Phi) is 6.08. The average Bonchev–Trinajstić information content (AvgIpc) is 2.22. The minimum Gasteiger partial charge on any atom is -0.345 e. The highest BCUT2D eigenvalue weighted by atomic mass is 16.2. The lowest BCUT2D eigenvalue weighted by Crippen LogP contribution is -2.37. The van der Waals surface area contributed by atoms with E-state index >= 15 is 0 Å². The zero-order valence-electron chi connectivity index (χ0n) is 11.3. The molecule has 0 aliphatic rings. The molecule has 0 spiro atoms.